The second kappa shape index (κ2) is 8.74. The van der Waals surface area contributed by atoms with Crippen LogP contribution in [0.1, 0.15) is 56.4 Å². The molecule has 1 aromatic heterocycles. The number of methoxy groups -OCH3 is 1. The fraction of sp³-hybridized carbons (Fsp3) is 0.733. The predicted molar refractivity (Wildman–Crippen MR) is 80.1 cm³/mol. The molecular weight excluding hydrogens is 254 g/mol. The van der Waals surface area contributed by atoms with Crippen molar-refractivity contribution in [1.29, 1.82) is 0 Å². The van der Waals surface area contributed by atoms with Crippen LogP contribution in [0.15, 0.2) is 6.20 Å². The van der Waals surface area contributed by atoms with Crippen LogP contribution < -0.4 is 10.5 Å². The van der Waals surface area contributed by atoms with E-state index < -0.39 is 0 Å². The number of Topliss-reactive ketones (excluding diaryl/α,β-unsaturated/α-hetero) is 1. The summed E-state index contributed by atoms with van der Waals surface area (Å²) >= 11 is 0. The highest BCUT2D eigenvalue weighted by atomic mass is 16.5. The molecule has 114 valence electrons. The highest BCUT2D eigenvalue weighted by Crippen LogP contribution is 2.23. The van der Waals surface area contributed by atoms with Crippen LogP contribution in [0.2, 0.25) is 0 Å². The third-order valence-corrected chi connectivity index (χ3v) is 3.64. The van der Waals surface area contributed by atoms with Gasteiger partial charge in [0.1, 0.15) is 5.69 Å². The Morgan fingerprint density at radius 2 is 2.15 bits per heavy atom. The van der Waals surface area contributed by atoms with Gasteiger partial charge in [-0.1, -0.05) is 19.8 Å². The summed E-state index contributed by atoms with van der Waals surface area (Å²) in [7, 11) is 1.57. The lowest BCUT2D eigenvalue weighted by atomic mass is 9.93. The van der Waals surface area contributed by atoms with Crippen molar-refractivity contribution in [3.8, 4) is 5.75 Å². The Morgan fingerprint density at radius 3 is 2.70 bits per heavy atom. The number of carbonyl (C=O) groups excluding carboxylic acids is 1. The van der Waals surface area contributed by atoms with Crippen molar-refractivity contribution in [2.45, 2.75) is 52.5 Å². The molecule has 0 saturated heterocycles. The van der Waals surface area contributed by atoms with Crippen molar-refractivity contribution in [3.05, 3.63) is 11.9 Å². The summed E-state index contributed by atoms with van der Waals surface area (Å²) in [6.45, 7) is 5.50. The topological polar surface area (TPSA) is 70.1 Å². The largest absolute Gasteiger partial charge is 0.493 e. The van der Waals surface area contributed by atoms with Gasteiger partial charge in [-0.3, -0.25) is 9.48 Å². The molecule has 2 N–H and O–H groups in total. The molecule has 1 aromatic rings. The molecule has 0 amide bonds. The zero-order valence-corrected chi connectivity index (χ0v) is 12.9. The van der Waals surface area contributed by atoms with E-state index in [0.717, 1.165) is 25.7 Å². The van der Waals surface area contributed by atoms with E-state index in [2.05, 4.69) is 12.0 Å². The first kappa shape index (κ1) is 16.7. The summed E-state index contributed by atoms with van der Waals surface area (Å²) in [5.41, 5.74) is 6.23. The number of hydrogen-bond acceptors (Lipinski definition) is 4. The van der Waals surface area contributed by atoms with Gasteiger partial charge in [-0.25, -0.2) is 0 Å². The standard InChI is InChI=1S/C15H27N3O2/c1-4-6-12(9-10-16)7-8-13(19)15-14(20-3)11-17-18(15)5-2/h11-12H,4-10,16H2,1-3H3. The number of ether oxygens (including phenoxy) is 1. The Bertz CT molecular complexity index is 388. The Labute approximate surface area is 121 Å². The SMILES string of the molecule is CCCC(CCN)CCC(=O)c1c(OC)cnn1CC. The van der Waals surface area contributed by atoms with Crippen LogP contribution in [0, 0.1) is 5.92 Å². The van der Waals surface area contributed by atoms with E-state index >= 15 is 0 Å². The zero-order valence-electron chi connectivity index (χ0n) is 12.9. The van der Waals surface area contributed by atoms with E-state index in [-0.39, 0.29) is 5.78 Å². The van der Waals surface area contributed by atoms with E-state index in [0.29, 0.717) is 36.9 Å². The van der Waals surface area contributed by atoms with Gasteiger partial charge in [-0.2, -0.15) is 5.10 Å². The molecule has 1 unspecified atom stereocenters. The molecule has 1 atom stereocenters. The normalized spacial score (nSPS) is 12.4. The van der Waals surface area contributed by atoms with Crippen LogP contribution in [-0.2, 0) is 6.54 Å². The summed E-state index contributed by atoms with van der Waals surface area (Å²) in [6.07, 6.45) is 6.30. The number of rotatable bonds is 10. The highest BCUT2D eigenvalue weighted by molar-refractivity contribution is 5.97. The van der Waals surface area contributed by atoms with Gasteiger partial charge in [0.15, 0.2) is 11.5 Å². The number of aromatic nitrogens is 2. The van der Waals surface area contributed by atoms with Crippen LogP contribution in [0.4, 0.5) is 0 Å². The molecule has 0 saturated carbocycles. The number of hydrogen-bond donors (Lipinski definition) is 1. The fourth-order valence-electron chi connectivity index (χ4n) is 2.57. The molecule has 20 heavy (non-hydrogen) atoms. The number of carbonyl (C=O) groups is 1. The molecule has 0 bridgehead atoms. The lowest BCUT2D eigenvalue weighted by Crippen LogP contribution is -2.14. The summed E-state index contributed by atoms with van der Waals surface area (Å²) in [5, 5.41) is 4.18. The molecule has 0 spiro atoms. The third kappa shape index (κ3) is 4.34. The van der Waals surface area contributed by atoms with E-state index in [9.17, 15) is 4.79 Å². The summed E-state index contributed by atoms with van der Waals surface area (Å²) < 4.78 is 6.93. The van der Waals surface area contributed by atoms with Crippen LogP contribution in [0.5, 0.6) is 5.75 Å². The van der Waals surface area contributed by atoms with E-state index in [1.807, 2.05) is 6.92 Å². The molecule has 5 heteroatoms. The van der Waals surface area contributed by atoms with E-state index in [1.165, 1.54) is 0 Å². The minimum atomic E-state index is 0.110. The van der Waals surface area contributed by atoms with Gasteiger partial charge in [0.25, 0.3) is 0 Å². The van der Waals surface area contributed by atoms with Crippen LogP contribution in [-0.4, -0.2) is 29.2 Å². The summed E-state index contributed by atoms with van der Waals surface area (Å²) in [5.74, 6) is 1.22. The number of aryl methyl sites for hydroxylation is 1. The van der Waals surface area contributed by atoms with Gasteiger partial charge < -0.3 is 10.5 Å². The first-order valence-corrected chi connectivity index (χ1v) is 7.50. The number of nitrogens with zero attached hydrogens (tertiary/aromatic N) is 2. The summed E-state index contributed by atoms with van der Waals surface area (Å²) in [6, 6.07) is 0. The molecule has 0 radical (unpaired) electrons. The van der Waals surface area contributed by atoms with Gasteiger partial charge in [-0.05, 0) is 32.2 Å². The van der Waals surface area contributed by atoms with Crippen molar-refractivity contribution >= 4 is 5.78 Å². The molecule has 1 heterocycles. The monoisotopic (exact) mass is 281 g/mol. The number of nitrogens with two attached hydrogens (primary N) is 1. The molecular formula is C15H27N3O2. The van der Waals surface area contributed by atoms with Crippen molar-refractivity contribution in [2.24, 2.45) is 11.7 Å². The third-order valence-electron chi connectivity index (χ3n) is 3.64. The maximum Gasteiger partial charge on any atom is 0.184 e. The van der Waals surface area contributed by atoms with E-state index in [4.69, 9.17) is 10.5 Å². The quantitative estimate of drug-likeness (QED) is 0.669. The second-order valence-corrected chi connectivity index (χ2v) is 5.07. The van der Waals surface area contributed by atoms with E-state index in [1.54, 1.807) is 18.0 Å². The van der Waals surface area contributed by atoms with Crippen LogP contribution in [0.3, 0.4) is 0 Å². The first-order chi connectivity index (χ1) is 9.67. The molecule has 0 aliphatic heterocycles. The lowest BCUT2D eigenvalue weighted by molar-refractivity contribution is 0.0958. The molecule has 0 aliphatic rings. The van der Waals surface area contributed by atoms with Gasteiger partial charge in [-0.15, -0.1) is 0 Å². The van der Waals surface area contributed by atoms with Gasteiger partial charge >= 0.3 is 0 Å². The van der Waals surface area contributed by atoms with Gasteiger partial charge in [0, 0.05) is 13.0 Å². The van der Waals surface area contributed by atoms with Crippen molar-refractivity contribution in [3.63, 3.8) is 0 Å². The molecule has 0 fully saturated rings. The maximum atomic E-state index is 12.4. The van der Waals surface area contributed by atoms with Crippen molar-refractivity contribution < 1.29 is 9.53 Å². The Hall–Kier alpha value is -1.36. The van der Waals surface area contributed by atoms with Gasteiger partial charge in [0.2, 0.25) is 0 Å². The van der Waals surface area contributed by atoms with Gasteiger partial charge in [0.05, 0.1) is 13.3 Å². The number of ketones is 1. The first-order valence-electron chi connectivity index (χ1n) is 7.50. The Morgan fingerprint density at radius 1 is 1.40 bits per heavy atom. The molecule has 5 nitrogen and oxygen atoms in total. The van der Waals surface area contributed by atoms with Crippen LogP contribution >= 0.6 is 0 Å². The molecule has 1 rings (SSSR count). The molecule has 0 aromatic carbocycles. The average Bonchev–Trinajstić information content (AvgIpc) is 2.87. The van der Waals surface area contributed by atoms with Crippen molar-refractivity contribution in [1.82, 2.24) is 9.78 Å². The lowest BCUT2D eigenvalue weighted by Gasteiger charge is -2.14. The predicted octanol–water partition coefficient (Wildman–Crippen LogP) is 2.64. The fourth-order valence-corrected chi connectivity index (χ4v) is 2.57. The van der Waals surface area contributed by atoms with Crippen molar-refractivity contribution in [2.75, 3.05) is 13.7 Å². The van der Waals surface area contributed by atoms with Crippen LogP contribution in [0.25, 0.3) is 0 Å². The Balaban J connectivity index is 2.68. The highest BCUT2D eigenvalue weighted by Gasteiger charge is 2.19. The minimum absolute atomic E-state index is 0.110. The summed E-state index contributed by atoms with van der Waals surface area (Å²) in [4.78, 5) is 12.4. The minimum Gasteiger partial charge on any atom is -0.493 e. The smallest absolute Gasteiger partial charge is 0.184 e. The average molecular weight is 281 g/mol. The molecule has 0 aliphatic carbocycles. The zero-order chi connectivity index (χ0) is 15.0. The Kier molecular flexibility index (Phi) is 7.30. The maximum absolute atomic E-state index is 12.4. The second-order valence-electron chi connectivity index (χ2n) is 5.07.